The summed E-state index contributed by atoms with van der Waals surface area (Å²) in [6, 6.07) is 13.6. The van der Waals surface area contributed by atoms with E-state index in [-0.39, 0.29) is 17.6 Å². The van der Waals surface area contributed by atoms with Crippen molar-refractivity contribution in [2.45, 2.75) is 37.4 Å². The Hall–Kier alpha value is -1.89. The van der Waals surface area contributed by atoms with Crippen LogP contribution < -0.4 is 5.32 Å². The number of nitrogens with one attached hydrogen (secondary N) is 1. The Morgan fingerprint density at radius 3 is 2.45 bits per heavy atom. The van der Waals surface area contributed by atoms with Gasteiger partial charge >= 0.3 is 0 Å². The fraction of sp³-hybridized carbons (Fsp3) is 0.409. The van der Waals surface area contributed by atoms with Crippen molar-refractivity contribution < 1.29 is 13.2 Å². The number of halogens is 1. The van der Waals surface area contributed by atoms with Crippen molar-refractivity contribution in [2.24, 2.45) is 0 Å². The van der Waals surface area contributed by atoms with Gasteiger partial charge in [-0.2, -0.15) is 0 Å². The zero-order chi connectivity index (χ0) is 20.4. The third kappa shape index (κ3) is 4.49. The van der Waals surface area contributed by atoms with Crippen molar-refractivity contribution in [1.29, 1.82) is 0 Å². The van der Waals surface area contributed by atoms with Gasteiger partial charge < -0.3 is 5.32 Å². The zero-order valence-electron chi connectivity index (χ0n) is 16.2. The molecule has 4 rings (SSSR count). The van der Waals surface area contributed by atoms with Crippen LogP contribution in [0.5, 0.6) is 0 Å². The Bertz CT molecular complexity index is 989. The highest BCUT2D eigenvalue weighted by Crippen LogP contribution is 2.36. The minimum Gasteiger partial charge on any atom is -0.355 e. The Morgan fingerprint density at radius 2 is 1.79 bits per heavy atom. The first-order valence-electron chi connectivity index (χ1n) is 10.1. The highest BCUT2D eigenvalue weighted by Gasteiger charge is 2.26. The summed E-state index contributed by atoms with van der Waals surface area (Å²) in [4.78, 5) is 11.4. The molecule has 2 heterocycles. The molecule has 2 aromatic rings. The minimum atomic E-state index is -3.25. The molecular weight excluding hydrogens is 408 g/mol. The van der Waals surface area contributed by atoms with Gasteiger partial charge in [0, 0.05) is 37.5 Å². The number of amides is 1. The van der Waals surface area contributed by atoms with Gasteiger partial charge in [-0.3, -0.25) is 4.79 Å². The van der Waals surface area contributed by atoms with E-state index in [1.165, 1.54) is 0 Å². The molecule has 1 N–H and O–H groups in total. The van der Waals surface area contributed by atoms with Crippen LogP contribution in [0.25, 0.3) is 11.1 Å². The van der Waals surface area contributed by atoms with Gasteiger partial charge in [-0.15, -0.1) is 0 Å². The van der Waals surface area contributed by atoms with E-state index in [1.54, 1.807) is 4.31 Å². The average molecular weight is 433 g/mol. The molecule has 1 unspecified atom stereocenters. The third-order valence-electron chi connectivity index (χ3n) is 5.81. The lowest BCUT2D eigenvalue weighted by Crippen LogP contribution is -2.33. The van der Waals surface area contributed by atoms with Gasteiger partial charge in [0.15, 0.2) is 0 Å². The molecule has 0 bridgehead atoms. The van der Waals surface area contributed by atoms with Crippen LogP contribution in [-0.4, -0.2) is 38.3 Å². The van der Waals surface area contributed by atoms with Gasteiger partial charge in [-0.1, -0.05) is 54.1 Å². The van der Waals surface area contributed by atoms with Gasteiger partial charge in [-0.25, -0.2) is 12.7 Å². The van der Waals surface area contributed by atoms with Crippen LogP contribution in [0.1, 0.15) is 42.7 Å². The highest BCUT2D eigenvalue weighted by molar-refractivity contribution is 7.88. The van der Waals surface area contributed by atoms with Gasteiger partial charge in [0.05, 0.1) is 10.8 Å². The third-order valence-corrected chi connectivity index (χ3v) is 8.08. The van der Waals surface area contributed by atoms with E-state index in [0.29, 0.717) is 31.1 Å². The van der Waals surface area contributed by atoms with Gasteiger partial charge in [0.2, 0.25) is 15.9 Å². The molecule has 0 spiro atoms. The quantitative estimate of drug-likeness (QED) is 0.778. The molecule has 0 aromatic heterocycles. The van der Waals surface area contributed by atoms with Crippen LogP contribution in [0.15, 0.2) is 42.5 Å². The monoisotopic (exact) mass is 432 g/mol. The maximum atomic E-state index is 12.5. The Kier molecular flexibility index (Phi) is 5.95. The lowest BCUT2D eigenvalue weighted by molar-refractivity contribution is -0.122. The molecule has 2 fully saturated rings. The van der Waals surface area contributed by atoms with Crippen LogP contribution >= 0.6 is 11.6 Å². The van der Waals surface area contributed by atoms with Crippen LogP contribution in [0.3, 0.4) is 0 Å². The predicted octanol–water partition coefficient (Wildman–Crippen LogP) is 3.93. The van der Waals surface area contributed by atoms with E-state index in [4.69, 9.17) is 11.6 Å². The summed E-state index contributed by atoms with van der Waals surface area (Å²) < 4.78 is 26.6. The predicted molar refractivity (Wildman–Crippen MR) is 115 cm³/mol. The molecule has 1 amide bonds. The molecule has 2 saturated heterocycles. The summed E-state index contributed by atoms with van der Waals surface area (Å²) in [6.45, 7) is 1.87. The molecule has 0 aliphatic carbocycles. The molecule has 0 radical (unpaired) electrons. The Labute approximate surface area is 177 Å². The molecule has 2 aromatic carbocycles. The Balaban J connectivity index is 1.53. The van der Waals surface area contributed by atoms with E-state index in [9.17, 15) is 13.2 Å². The smallest absolute Gasteiger partial charge is 0.220 e. The van der Waals surface area contributed by atoms with Crippen molar-refractivity contribution in [2.75, 3.05) is 19.6 Å². The first-order valence-corrected chi connectivity index (χ1v) is 12.0. The molecule has 0 saturated carbocycles. The van der Waals surface area contributed by atoms with E-state index < -0.39 is 10.0 Å². The lowest BCUT2D eigenvalue weighted by Gasteiger charge is -2.24. The van der Waals surface area contributed by atoms with E-state index >= 15 is 0 Å². The van der Waals surface area contributed by atoms with Crippen LogP contribution in [0.4, 0.5) is 0 Å². The van der Waals surface area contributed by atoms with Crippen molar-refractivity contribution in [3.05, 3.63) is 58.6 Å². The number of carbonyl (C=O) groups excluding carboxylic acids is 1. The zero-order valence-corrected chi connectivity index (χ0v) is 17.8. The number of hydrogen-bond donors (Lipinski definition) is 1. The van der Waals surface area contributed by atoms with Crippen LogP contribution in [-0.2, 0) is 20.6 Å². The van der Waals surface area contributed by atoms with Gasteiger partial charge in [0.25, 0.3) is 0 Å². The molecule has 154 valence electrons. The van der Waals surface area contributed by atoms with Crippen LogP contribution in [0, 0.1) is 0 Å². The topological polar surface area (TPSA) is 66.5 Å². The number of sulfonamides is 1. The molecule has 5 nitrogen and oxygen atoms in total. The summed E-state index contributed by atoms with van der Waals surface area (Å²) in [7, 11) is -3.25. The van der Waals surface area contributed by atoms with Gasteiger partial charge in [-0.05, 0) is 36.0 Å². The normalized spacial score (nSPS) is 20.6. The van der Waals surface area contributed by atoms with Crippen LogP contribution in [0.2, 0.25) is 5.02 Å². The number of benzene rings is 2. The van der Waals surface area contributed by atoms with E-state index in [2.05, 4.69) is 5.32 Å². The summed E-state index contributed by atoms with van der Waals surface area (Å²) in [5, 5.41) is 3.61. The first-order chi connectivity index (χ1) is 13.9. The molecule has 7 heteroatoms. The van der Waals surface area contributed by atoms with Crippen molar-refractivity contribution in [3.8, 4) is 11.1 Å². The molecule has 2 aliphatic rings. The van der Waals surface area contributed by atoms with Crippen molar-refractivity contribution in [1.82, 2.24) is 9.62 Å². The number of carbonyl (C=O) groups is 1. The van der Waals surface area contributed by atoms with Crippen molar-refractivity contribution >= 4 is 27.5 Å². The van der Waals surface area contributed by atoms with Gasteiger partial charge in [0.1, 0.15) is 0 Å². The molecule has 2 aliphatic heterocycles. The van der Waals surface area contributed by atoms with Crippen molar-refractivity contribution in [3.63, 3.8) is 0 Å². The second-order valence-corrected chi connectivity index (χ2v) is 10.2. The largest absolute Gasteiger partial charge is 0.355 e. The average Bonchev–Trinajstić information content (AvgIpc) is 3.26. The molecule has 29 heavy (non-hydrogen) atoms. The summed E-state index contributed by atoms with van der Waals surface area (Å²) in [6.07, 6.45) is 3.20. The summed E-state index contributed by atoms with van der Waals surface area (Å²) >= 11 is 6.73. The molecule has 1 atom stereocenters. The molecular formula is C22H25ClN2O3S. The fourth-order valence-corrected chi connectivity index (χ4v) is 6.14. The number of rotatable bonds is 5. The highest BCUT2D eigenvalue weighted by atomic mass is 35.5. The second-order valence-electron chi connectivity index (χ2n) is 7.81. The second kappa shape index (κ2) is 8.46. The van der Waals surface area contributed by atoms with E-state index in [1.807, 2.05) is 42.5 Å². The Morgan fingerprint density at radius 1 is 1.07 bits per heavy atom. The standard InChI is InChI=1S/C22H25ClN2O3S/c23-22-19(4-3-5-20(22)18-10-11-21(26)24-14-18)17-8-6-16(7-9-17)15-29(27,28)25-12-1-2-13-25/h3-9,18H,1-2,10-15H2,(H,24,26). The minimum absolute atomic E-state index is 0.0306. The maximum Gasteiger partial charge on any atom is 0.220 e. The summed E-state index contributed by atoms with van der Waals surface area (Å²) in [5.41, 5.74) is 3.71. The number of hydrogen-bond acceptors (Lipinski definition) is 3. The van der Waals surface area contributed by atoms with E-state index in [0.717, 1.165) is 41.5 Å². The SMILES string of the molecule is O=C1CCC(c2cccc(-c3ccc(CS(=O)(=O)N4CCCC4)cc3)c2Cl)CN1. The number of piperidine rings is 1. The fourth-order valence-electron chi connectivity index (χ4n) is 4.14. The first kappa shape index (κ1) is 20.4. The maximum absolute atomic E-state index is 12.5. The number of nitrogens with zero attached hydrogens (tertiary/aromatic N) is 1. The summed E-state index contributed by atoms with van der Waals surface area (Å²) in [5.74, 6) is 0.334. The lowest BCUT2D eigenvalue weighted by atomic mass is 9.89.